The van der Waals surface area contributed by atoms with Crippen LogP contribution in [0.4, 0.5) is 13.2 Å². The van der Waals surface area contributed by atoms with Crippen molar-refractivity contribution in [2.75, 3.05) is 0 Å². The van der Waals surface area contributed by atoms with E-state index in [1.807, 2.05) is 29.6 Å². The zero-order chi connectivity index (χ0) is 17.0. The summed E-state index contributed by atoms with van der Waals surface area (Å²) in [6.45, 7) is 0. The van der Waals surface area contributed by atoms with Crippen molar-refractivity contribution in [3.8, 4) is 0 Å². The highest BCUT2D eigenvalue weighted by Crippen LogP contribution is 2.22. The average Bonchev–Trinajstić information content (AvgIpc) is 2.45. The maximum atomic E-state index is 12.3. The number of carbonyl (C=O) groups is 2. The molecule has 7 heteroatoms. The quantitative estimate of drug-likeness (QED) is 0.888. The number of aliphatic carboxylic acids is 1. The summed E-state index contributed by atoms with van der Waals surface area (Å²) in [4.78, 5) is 22.6. The number of carbonyl (C=O) groups excluding carboxylic acids is 1. The Bertz CT molecular complexity index is 728. The van der Waals surface area contributed by atoms with Crippen molar-refractivity contribution in [2.24, 2.45) is 0 Å². The minimum atomic E-state index is -4.67. The van der Waals surface area contributed by atoms with Crippen LogP contribution in [0, 0.1) is 0 Å². The van der Waals surface area contributed by atoms with Crippen molar-refractivity contribution >= 4 is 22.6 Å². The minimum absolute atomic E-state index is 0.188. The number of alkyl halides is 3. The van der Waals surface area contributed by atoms with Crippen molar-refractivity contribution in [3.05, 3.63) is 48.0 Å². The van der Waals surface area contributed by atoms with E-state index in [1.165, 1.54) is 0 Å². The number of nitrogens with one attached hydrogen (secondary N) is 1. The monoisotopic (exact) mass is 325 g/mol. The van der Waals surface area contributed by atoms with Gasteiger partial charge in [0.05, 0.1) is 12.8 Å². The molecule has 2 rings (SSSR count). The first-order valence-corrected chi connectivity index (χ1v) is 6.81. The van der Waals surface area contributed by atoms with E-state index in [0.717, 1.165) is 10.8 Å². The Morgan fingerprint density at radius 3 is 2.35 bits per heavy atom. The molecule has 0 saturated heterocycles. The van der Waals surface area contributed by atoms with E-state index in [0.29, 0.717) is 5.56 Å². The number of benzene rings is 2. The minimum Gasteiger partial charge on any atom is -0.480 e. The molecule has 2 aromatic rings. The Balaban J connectivity index is 2.05. The molecule has 0 aromatic heterocycles. The molecule has 122 valence electrons. The van der Waals surface area contributed by atoms with Gasteiger partial charge in [-0.1, -0.05) is 42.5 Å². The second-order valence-electron chi connectivity index (χ2n) is 5.14. The molecule has 2 aromatic carbocycles. The first-order chi connectivity index (χ1) is 10.7. The molecule has 1 unspecified atom stereocenters. The molecule has 0 fully saturated rings. The lowest BCUT2D eigenvalue weighted by molar-refractivity contribution is -0.159. The van der Waals surface area contributed by atoms with Gasteiger partial charge in [0.1, 0.15) is 6.04 Å². The highest BCUT2D eigenvalue weighted by molar-refractivity contribution is 5.87. The van der Waals surface area contributed by atoms with Gasteiger partial charge >= 0.3 is 12.1 Å². The van der Waals surface area contributed by atoms with Crippen LogP contribution >= 0.6 is 0 Å². The lowest BCUT2D eigenvalue weighted by atomic mass is 10.0. The second kappa shape index (κ2) is 6.68. The van der Waals surface area contributed by atoms with Gasteiger partial charge in [0, 0.05) is 0 Å². The summed E-state index contributed by atoms with van der Waals surface area (Å²) in [6, 6.07) is 10.7. The molecule has 0 radical (unpaired) electrons. The highest BCUT2D eigenvalue weighted by atomic mass is 19.4. The van der Waals surface area contributed by atoms with Crippen LogP contribution in [0.2, 0.25) is 0 Å². The molecule has 2 N–H and O–H groups in total. The van der Waals surface area contributed by atoms with E-state index in [2.05, 4.69) is 0 Å². The molecule has 0 heterocycles. The summed E-state index contributed by atoms with van der Waals surface area (Å²) >= 11 is 0. The van der Waals surface area contributed by atoms with Crippen LogP contribution in [0.5, 0.6) is 0 Å². The molecule has 0 bridgehead atoms. The van der Waals surface area contributed by atoms with Gasteiger partial charge < -0.3 is 10.4 Å². The Labute approximate surface area is 129 Å². The molecule has 4 nitrogen and oxygen atoms in total. The third kappa shape index (κ3) is 4.98. The van der Waals surface area contributed by atoms with Crippen molar-refractivity contribution in [1.82, 2.24) is 5.32 Å². The predicted molar refractivity (Wildman–Crippen MR) is 77.9 cm³/mol. The maximum Gasteiger partial charge on any atom is 0.391 e. The molecule has 0 aliphatic heterocycles. The molecular formula is C16H14F3NO3. The Morgan fingerprint density at radius 1 is 1.09 bits per heavy atom. The Hall–Kier alpha value is -2.57. The number of amides is 1. The topological polar surface area (TPSA) is 66.4 Å². The lowest BCUT2D eigenvalue weighted by Crippen LogP contribution is -2.44. The summed E-state index contributed by atoms with van der Waals surface area (Å²) in [5.74, 6) is -2.48. The van der Waals surface area contributed by atoms with Crippen LogP contribution in [0.25, 0.3) is 10.8 Å². The number of hydrogen-bond acceptors (Lipinski definition) is 2. The Kier molecular flexibility index (Phi) is 4.88. The molecule has 0 aliphatic rings. The van der Waals surface area contributed by atoms with Gasteiger partial charge in [-0.2, -0.15) is 13.2 Å². The molecule has 1 atom stereocenters. The lowest BCUT2D eigenvalue weighted by Gasteiger charge is -2.16. The summed E-state index contributed by atoms with van der Waals surface area (Å²) < 4.78 is 36.9. The van der Waals surface area contributed by atoms with Gasteiger partial charge in [0.2, 0.25) is 5.91 Å². The summed E-state index contributed by atoms with van der Waals surface area (Å²) in [6.07, 6.45) is -6.46. The Morgan fingerprint density at radius 2 is 1.74 bits per heavy atom. The second-order valence-corrected chi connectivity index (χ2v) is 5.14. The average molecular weight is 325 g/mol. The van der Waals surface area contributed by atoms with Crippen LogP contribution in [0.15, 0.2) is 42.5 Å². The summed E-state index contributed by atoms with van der Waals surface area (Å²) in [5.41, 5.74) is 0.595. The SMILES string of the molecule is O=C(Cc1ccc2ccccc2c1)NC(CC(F)(F)F)C(=O)O. The van der Waals surface area contributed by atoms with E-state index in [-0.39, 0.29) is 6.42 Å². The van der Waals surface area contributed by atoms with Crippen molar-refractivity contribution in [2.45, 2.75) is 25.1 Å². The predicted octanol–water partition coefficient (Wildman–Crippen LogP) is 2.90. The van der Waals surface area contributed by atoms with Gasteiger partial charge in [0.15, 0.2) is 0 Å². The van der Waals surface area contributed by atoms with Crippen LogP contribution < -0.4 is 5.32 Å². The third-order valence-electron chi connectivity index (χ3n) is 3.25. The molecule has 23 heavy (non-hydrogen) atoms. The zero-order valence-corrected chi connectivity index (χ0v) is 11.9. The van der Waals surface area contributed by atoms with Gasteiger partial charge in [-0.3, -0.25) is 4.79 Å². The fourth-order valence-electron chi connectivity index (χ4n) is 2.21. The van der Waals surface area contributed by atoms with E-state index >= 15 is 0 Å². The smallest absolute Gasteiger partial charge is 0.391 e. The van der Waals surface area contributed by atoms with Gasteiger partial charge in [-0.25, -0.2) is 4.79 Å². The van der Waals surface area contributed by atoms with Crippen molar-refractivity contribution in [1.29, 1.82) is 0 Å². The molecule has 0 aliphatic carbocycles. The molecular weight excluding hydrogens is 311 g/mol. The van der Waals surface area contributed by atoms with Crippen LogP contribution in [-0.4, -0.2) is 29.2 Å². The zero-order valence-electron chi connectivity index (χ0n) is 11.9. The number of carboxylic acids is 1. The number of fused-ring (bicyclic) bond motifs is 1. The summed E-state index contributed by atoms with van der Waals surface area (Å²) in [5, 5.41) is 12.6. The number of carboxylic acid groups (broad SMARTS) is 1. The fourth-order valence-corrected chi connectivity index (χ4v) is 2.21. The number of rotatable bonds is 5. The first-order valence-electron chi connectivity index (χ1n) is 6.81. The van der Waals surface area contributed by atoms with Crippen molar-refractivity contribution in [3.63, 3.8) is 0 Å². The fraction of sp³-hybridized carbons (Fsp3) is 0.250. The highest BCUT2D eigenvalue weighted by Gasteiger charge is 2.36. The largest absolute Gasteiger partial charge is 0.480 e. The van der Waals surface area contributed by atoms with Gasteiger partial charge in [-0.05, 0) is 16.3 Å². The van der Waals surface area contributed by atoms with Crippen LogP contribution in [-0.2, 0) is 16.0 Å². The normalized spacial score (nSPS) is 12.8. The molecule has 0 spiro atoms. The van der Waals surface area contributed by atoms with Gasteiger partial charge in [-0.15, -0.1) is 0 Å². The van der Waals surface area contributed by atoms with E-state index < -0.39 is 30.5 Å². The third-order valence-corrected chi connectivity index (χ3v) is 3.25. The number of hydrogen-bond donors (Lipinski definition) is 2. The molecule has 0 saturated carbocycles. The van der Waals surface area contributed by atoms with E-state index in [1.54, 1.807) is 18.2 Å². The van der Waals surface area contributed by atoms with Gasteiger partial charge in [0.25, 0.3) is 0 Å². The van der Waals surface area contributed by atoms with Crippen LogP contribution in [0.1, 0.15) is 12.0 Å². The maximum absolute atomic E-state index is 12.3. The number of halogens is 3. The van der Waals surface area contributed by atoms with Crippen LogP contribution in [0.3, 0.4) is 0 Å². The van der Waals surface area contributed by atoms with E-state index in [9.17, 15) is 22.8 Å². The standard InChI is InChI=1S/C16H14F3NO3/c17-16(18,19)9-13(15(22)23)20-14(21)8-10-5-6-11-3-1-2-4-12(11)7-10/h1-7,13H,8-9H2,(H,20,21)(H,22,23). The first kappa shape index (κ1) is 16.8. The summed E-state index contributed by atoms with van der Waals surface area (Å²) in [7, 11) is 0. The molecule has 1 amide bonds. The van der Waals surface area contributed by atoms with E-state index in [4.69, 9.17) is 5.11 Å². The van der Waals surface area contributed by atoms with Crippen molar-refractivity contribution < 1.29 is 27.9 Å².